The fourth-order valence-electron chi connectivity index (χ4n) is 10.8. The molecule has 1 unspecified atom stereocenters. The summed E-state index contributed by atoms with van der Waals surface area (Å²) in [4.78, 5) is 95.6. The number of carboxylic acids is 1. The van der Waals surface area contributed by atoms with Gasteiger partial charge in [0.1, 0.15) is 5.54 Å². The number of nitrogens with two attached hydrogens (primary N) is 1. The number of urea groups is 1. The van der Waals surface area contributed by atoms with E-state index in [-0.39, 0.29) is 58.4 Å². The second-order valence-electron chi connectivity index (χ2n) is 19.5. The Bertz CT molecular complexity index is 1500. The van der Waals surface area contributed by atoms with Crippen LogP contribution in [-0.2, 0) is 28.8 Å². The van der Waals surface area contributed by atoms with Crippen molar-refractivity contribution in [2.24, 2.45) is 51.1 Å². The number of carboxylic acid groups (broad SMARTS) is 1. The van der Waals surface area contributed by atoms with Crippen molar-refractivity contribution in [3.63, 3.8) is 0 Å². The van der Waals surface area contributed by atoms with Gasteiger partial charge in [-0.1, -0.05) is 79.6 Å². The number of likely N-dealkylation sites (tertiary alicyclic amines) is 1. The summed E-state index contributed by atoms with van der Waals surface area (Å²) in [5.74, 6) is -5.31. The maximum Gasteiger partial charge on any atom is 0.328 e. The van der Waals surface area contributed by atoms with E-state index in [1.54, 1.807) is 4.90 Å². The van der Waals surface area contributed by atoms with Gasteiger partial charge in [-0.3, -0.25) is 24.0 Å². The topological polar surface area (TPSA) is 193 Å². The molecule has 4 aliphatic carbocycles. The van der Waals surface area contributed by atoms with Crippen LogP contribution in [0.15, 0.2) is 0 Å². The molecule has 12 heteroatoms. The average Bonchev–Trinajstić information content (AvgIpc) is 3.25. The number of amides is 4. The first-order chi connectivity index (χ1) is 24.6. The van der Waals surface area contributed by atoms with Crippen molar-refractivity contribution in [1.82, 2.24) is 15.5 Å². The van der Waals surface area contributed by atoms with E-state index < -0.39 is 58.6 Å². The third-order valence-corrected chi connectivity index (χ3v) is 14.8. The highest BCUT2D eigenvalue weighted by atomic mass is 16.4. The Morgan fingerprint density at radius 1 is 0.849 bits per heavy atom. The number of ketones is 3. The molecule has 5 atom stereocenters. The van der Waals surface area contributed by atoms with Crippen molar-refractivity contribution in [2.75, 3.05) is 6.54 Å². The van der Waals surface area contributed by atoms with Crippen molar-refractivity contribution in [2.45, 2.75) is 162 Å². The maximum atomic E-state index is 15.0. The minimum atomic E-state index is -1.56. The molecule has 0 radical (unpaired) electrons. The van der Waals surface area contributed by atoms with Gasteiger partial charge in [0.15, 0.2) is 11.6 Å². The molecule has 4 saturated carbocycles. The minimum Gasteiger partial charge on any atom is -0.480 e. The zero-order valence-electron chi connectivity index (χ0n) is 33.1. The average molecular weight is 741 g/mol. The summed E-state index contributed by atoms with van der Waals surface area (Å²) in [5.41, 5.74) is 2.88. The normalized spacial score (nSPS) is 26.8. The summed E-state index contributed by atoms with van der Waals surface area (Å²) in [6.07, 6.45) is 11.0. The monoisotopic (exact) mass is 740 g/mol. The molecule has 5 fully saturated rings. The van der Waals surface area contributed by atoms with Gasteiger partial charge >= 0.3 is 12.0 Å². The van der Waals surface area contributed by atoms with Crippen LogP contribution in [0.2, 0.25) is 0 Å². The molecule has 0 aromatic carbocycles. The predicted molar refractivity (Wildman–Crippen MR) is 198 cm³/mol. The van der Waals surface area contributed by atoms with Gasteiger partial charge in [0, 0.05) is 36.6 Å². The maximum absolute atomic E-state index is 15.0. The van der Waals surface area contributed by atoms with Crippen LogP contribution >= 0.6 is 0 Å². The van der Waals surface area contributed by atoms with E-state index in [9.17, 15) is 33.9 Å². The number of carbonyl (C=O) groups is 7. The lowest BCUT2D eigenvalue weighted by molar-refractivity contribution is -0.147. The lowest BCUT2D eigenvalue weighted by Gasteiger charge is -2.37. The van der Waals surface area contributed by atoms with E-state index in [2.05, 4.69) is 24.5 Å². The molecule has 5 rings (SSSR count). The van der Waals surface area contributed by atoms with Crippen LogP contribution in [0.1, 0.15) is 145 Å². The van der Waals surface area contributed by atoms with Crippen LogP contribution < -0.4 is 16.4 Å². The van der Waals surface area contributed by atoms with Crippen molar-refractivity contribution >= 4 is 41.2 Å². The molecule has 5 N–H and O–H groups in total. The molecule has 53 heavy (non-hydrogen) atoms. The van der Waals surface area contributed by atoms with Gasteiger partial charge in [-0.25, -0.2) is 9.59 Å². The summed E-state index contributed by atoms with van der Waals surface area (Å²) in [5, 5.41) is 14.9. The smallest absolute Gasteiger partial charge is 0.328 e. The summed E-state index contributed by atoms with van der Waals surface area (Å²) in [6.45, 7) is 13.3. The highest BCUT2D eigenvalue weighted by Gasteiger charge is 2.85. The lowest BCUT2D eigenvalue weighted by Crippen LogP contribution is -2.58. The Morgan fingerprint density at radius 3 is 1.94 bits per heavy atom. The van der Waals surface area contributed by atoms with Crippen molar-refractivity contribution in [3.05, 3.63) is 0 Å². The highest BCUT2D eigenvalue weighted by molar-refractivity contribution is 6.36. The predicted octanol–water partition coefficient (Wildman–Crippen LogP) is 5.34. The van der Waals surface area contributed by atoms with Crippen LogP contribution in [0, 0.1) is 45.3 Å². The SMILES string of the molecule is CC(C)(NC(=O)N[C@H](C(=O)C[C@H](C(=O)N1C[C@]2(C[C@H]1C(=O)CC(CC1CCC1)C(=O)C(N)=O)C(C)(C)C21CCC1)C(C)(C)C)C1CCCCC1)C(=O)O. The summed E-state index contributed by atoms with van der Waals surface area (Å²) in [6, 6.07) is -2.45. The number of primary amides is 1. The number of rotatable bonds is 15. The molecular weight excluding hydrogens is 676 g/mol. The molecule has 0 bridgehead atoms. The second-order valence-corrected chi connectivity index (χ2v) is 19.5. The molecule has 12 nitrogen and oxygen atoms in total. The largest absolute Gasteiger partial charge is 0.480 e. The summed E-state index contributed by atoms with van der Waals surface area (Å²) >= 11 is 0. The number of Topliss-reactive ketones (excluding diaryl/α,β-unsaturated/α-hetero) is 3. The quantitative estimate of drug-likeness (QED) is 0.162. The standard InChI is InChI=1S/C41H64N4O8/c1-37(2,3)27(21-30(47)31(25-15-9-8-10-16-25)43-36(53)44-38(4,5)35(51)52)34(50)45-23-41(39(6,7)40(41)17-12-18-40)22-28(45)29(46)20-26(32(48)33(42)49)19-24-13-11-14-24/h24-28,31H,8-23H2,1-7H3,(H2,42,49)(H,51,52)(H2,43,44,53)/t26?,27-,28+,31+,41-/m1/s1. The number of nitrogens with zero attached hydrogens (tertiary/aromatic N) is 1. The third kappa shape index (κ3) is 7.53. The molecule has 0 aromatic heterocycles. The zero-order valence-corrected chi connectivity index (χ0v) is 33.1. The third-order valence-electron chi connectivity index (χ3n) is 14.8. The molecule has 2 spiro atoms. The van der Waals surface area contributed by atoms with Crippen LogP contribution in [-0.4, -0.2) is 75.3 Å². The number of hydrogen-bond donors (Lipinski definition) is 4. The first-order valence-electron chi connectivity index (χ1n) is 20.1. The van der Waals surface area contributed by atoms with Gasteiger partial charge < -0.3 is 26.4 Å². The van der Waals surface area contributed by atoms with E-state index >= 15 is 4.79 Å². The van der Waals surface area contributed by atoms with Gasteiger partial charge in [-0.2, -0.15) is 0 Å². The number of aliphatic carboxylic acids is 1. The van der Waals surface area contributed by atoms with Crippen molar-refractivity contribution in [1.29, 1.82) is 0 Å². The summed E-state index contributed by atoms with van der Waals surface area (Å²) in [7, 11) is 0. The van der Waals surface area contributed by atoms with Gasteiger partial charge in [0.2, 0.25) is 11.7 Å². The van der Waals surface area contributed by atoms with E-state index in [0.29, 0.717) is 19.4 Å². The number of carbonyl (C=O) groups excluding carboxylic acids is 6. The molecule has 5 aliphatic rings. The van der Waals surface area contributed by atoms with Gasteiger partial charge in [0.25, 0.3) is 5.91 Å². The van der Waals surface area contributed by atoms with Gasteiger partial charge in [0.05, 0.1) is 12.1 Å². The first-order valence-corrected chi connectivity index (χ1v) is 20.1. The Balaban J connectivity index is 1.43. The Labute approximate surface area is 314 Å². The van der Waals surface area contributed by atoms with E-state index in [4.69, 9.17) is 5.73 Å². The van der Waals surface area contributed by atoms with Gasteiger partial charge in [-0.05, 0) is 80.5 Å². The molecule has 296 valence electrons. The van der Waals surface area contributed by atoms with Gasteiger partial charge in [-0.15, -0.1) is 0 Å². The zero-order chi connectivity index (χ0) is 39.3. The van der Waals surface area contributed by atoms with Crippen LogP contribution in [0.25, 0.3) is 0 Å². The first kappa shape index (κ1) is 40.9. The van der Waals surface area contributed by atoms with E-state index in [1.165, 1.54) is 13.8 Å². The highest BCUT2D eigenvalue weighted by Crippen LogP contribution is 2.88. The van der Waals surface area contributed by atoms with Crippen LogP contribution in [0.4, 0.5) is 4.79 Å². The Kier molecular flexibility index (Phi) is 11.4. The van der Waals surface area contributed by atoms with Crippen molar-refractivity contribution < 1.29 is 38.7 Å². The lowest BCUT2D eigenvalue weighted by atomic mass is 9.73. The van der Waals surface area contributed by atoms with E-state index in [0.717, 1.165) is 70.6 Å². The number of nitrogens with one attached hydrogen (secondary N) is 2. The minimum absolute atomic E-state index is 0.0298. The molecule has 4 amide bonds. The molecule has 1 saturated heterocycles. The number of fused-ring (bicyclic) bond motifs is 1. The fraction of sp³-hybridized carbons (Fsp3) is 0.829. The number of hydrogen-bond acceptors (Lipinski definition) is 7. The molecule has 0 aromatic rings. The van der Waals surface area contributed by atoms with Crippen molar-refractivity contribution in [3.8, 4) is 0 Å². The Hall–Kier alpha value is -3.31. The molecule has 1 aliphatic heterocycles. The van der Waals surface area contributed by atoms with E-state index in [1.807, 2.05) is 20.8 Å². The van der Waals surface area contributed by atoms with Crippen LogP contribution in [0.5, 0.6) is 0 Å². The Morgan fingerprint density at radius 2 is 1.47 bits per heavy atom. The molecular formula is C41H64N4O8. The second kappa shape index (κ2) is 14.7. The fourth-order valence-corrected chi connectivity index (χ4v) is 10.8. The summed E-state index contributed by atoms with van der Waals surface area (Å²) < 4.78 is 0. The molecule has 1 heterocycles. The van der Waals surface area contributed by atoms with Crippen LogP contribution in [0.3, 0.4) is 0 Å².